The zero-order valence-corrected chi connectivity index (χ0v) is 9.98. The highest BCUT2D eigenvalue weighted by Crippen LogP contribution is 2.23. The Bertz CT molecular complexity index is 606. The number of hydrogen-bond donors (Lipinski definition) is 0. The molecule has 17 heavy (non-hydrogen) atoms. The van der Waals surface area contributed by atoms with Gasteiger partial charge in [0.15, 0.2) is 0 Å². The van der Waals surface area contributed by atoms with Crippen LogP contribution in [0.4, 0.5) is 0 Å². The third kappa shape index (κ3) is 1.52. The lowest BCUT2D eigenvalue weighted by Crippen LogP contribution is -2.25. The molecule has 1 amide bonds. The predicted molar refractivity (Wildman–Crippen MR) is 64.4 cm³/mol. The monoisotopic (exact) mass is 247 g/mol. The summed E-state index contributed by atoms with van der Waals surface area (Å²) in [6.45, 7) is 0.542. The maximum atomic E-state index is 12.1. The molecule has 3 rings (SSSR count). The van der Waals surface area contributed by atoms with E-state index in [0.717, 1.165) is 11.4 Å². The SMILES string of the molecule is CN1Cc2ccc(Cl)nc2-n2cccc2C1=O. The van der Waals surface area contributed by atoms with Gasteiger partial charge in [-0.25, -0.2) is 4.98 Å². The number of pyridine rings is 1. The molecule has 5 heteroatoms. The van der Waals surface area contributed by atoms with Crippen molar-refractivity contribution >= 4 is 17.5 Å². The average molecular weight is 248 g/mol. The van der Waals surface area contributed by atoms with Gasteiger partial charge in [-0.1, -0.05) is 17.7 Å². The maximum Gasteiger partial charge on any atom is 0.270 e. The third-order valence-corrected chi connectivity index (χ3v) is 3.08. The number of nitrogens with zero attached hydrogens (tertiary/aromatic N) is 3. The zero-order chi connectivity index (χ0) is 12.0. The van der Waals surface area contributed by atoms with E-state index in [2.05, 4.69) is 4.98 Å². The first-order chi connectivity index (χ1) is 8.16. The van der Waals surface area contributed by atoms with Gasteiger partial charge in [0.2, 0.25) is 0 Å². The summed E-state index contributed by atoms with van der Waals surface area (Å²) in [6.07, 6.45) is 1.83. The number of carbonyl (C=O) groups is 1. The van der Waals surface area contributed by atoms with Crippen molar-refractivity contribution in [3.8, 4) is 5.82 Å². The Morgan fingerprint density at radius 2 is 2.18 bits per heavy atom. The van der Waals surface area contributed by atoms with Crippen LogP contribution in [0.25, 0.3) is 5.82 Å². The minimum atomic E-state index is -0.0101. The van der Waals surface area contributed by atoms with E-state index in [1.54, 1.807) is 28.6 Å². The molecule has 3 heterocycles. The van der Waals surface area contributed by atoms with Crippen LogP contribution in [0.2, 0.25) is 5.15 Å². The Morgan fingerprint density at radius 3 is 3.00 bits per heavy atom. The van der Waals surface area contributed by atoms with Gasteiger partial charge in [-0.2, -0.15) is 0 Å². The summed E-state index contributed by atoms with van der Waals surface area (Å²) in [5.41, 5.74) is 1.60. The van der Waals surface area contributed by atoms with Gasteiger partial charge >= 0.3 is 0 Å². The van der Waals surface area contributed by atoms with Gasteiger partial charge in [-0.3, -0.25) is 9.36 Å². The highest BCUT2D eigenvalue weighted by molar-refractivity contribution is 6.29. The van der Waals surface area contributed by atoms with Crippen LogP contribution >= 0.6 is 11.6 Å². The van der Waals surface area contributed by atoms with Gasteiger partial charge in [0.1, 0.15) is 16.7 Å². The molecule has 0 spiro atoms. The second-order valence-electron chi connectivity index (χ2n) is 4.04. The highest BCUT2D eigenvalue weighted by Gasteiger charge is 2.23. The van der Waals surface area contributed by atoms with Crippen molar-refractivity contribution in [2.45, 2.75) is 6.54 Å². The lowest BCUT2D eigenvalue weighted by atomic mass is 10.2. The van der Waals surface area contributed by atoms with Gasteiger partial charge in [0, 0.05) is 25.4 Å². The van der Waals surface area contributed by atoms with Crippen LogP contribution in [-0.4, -0.2) is 27.4 Å². The van der Waals surface area contributed by atoms with E-state index in [1.165, 1.54) is 0 Å². The average Bonchev–Trinajstić information content (AvgIpc) is 2.75. The molecule has 2 aromatic heterocycles. The van der Waals surface area contributed by atoms with Crippen LogP contribution in [0.5, 0.6) is 0 Å². The molecule has 0 unspecified atom stereocenters. The topological polar surface area (TPSA) is 38.1 Å². The van der Waals surface area contributed by atoms with Crippen molar-refractivity contribution in [3.05, 3.63) is 46.9 Å². The van der Waals surface area contributed by atoms with Gasteiger partial charge in [0.05, 0.1) is 0 Å². The molecule has 0 saturated heterocycles. The van der Waals surface area contributed by atoms with Gasteiger partial charge in [-0.15, -0.1) is 0 Å². The molecule has 0 radical (unpaired) electrons. The third-order valence-electron chi connectivity index (χ3n) is 2.87. The Hall–Kier alpha value is -1.81. The van der Waals surface area contributed by atoms with Crippen molar-refractivity contribution in [1.29, 1.82) is 0 Å². The first-order valence-corrected chi connectivity index (χ1v) is 5.63. The van der Waals surface area contributed by atoms with E-state index in [1.807, 2.05) is 18.3 Å². The summed E-state index contributed by atoms with van der Waals surface area (Å²) < 4.78 is 1.78. The second kappa shape index (κ2) is 3.60. The molecule has 0 bridgehead atoms. The summed E-state index contributed by atoms with van der Waals surface area (Å²) in [7, 11) is 1.78. The fourth-order valence-electron chi connectivity index (χ4n) is 2.05. The fourth-order valence-corrected chi connectivity index (χ4v) is 2.19. The Labute approximate surface area is 103 Å². The Balaban J connectivity index is 2.31. The molecule has 86 valence electrons. The molecule has 0 saturated carbocycles. The molecule has 0 aliphatic carbocycles. The first kappa shape index (κ1) is 10.4. The Morgan fingerprint density at radius 1 is 1.35 bits per heavy atom. The van der Waals surface area contributed by atoms with Gasteiger partial charge in [-0.05, 0) is 18.2 Å². The molecule has 4 nitrogen and oxygen atoms in total. The smallest absolute Gasteiger partial charge is 0.270 e. The second-order valence-corrected chi connectivity index (χ2v) is 4.43. The van der Waals surface area contributed by atoms with Crippen LogP contribution in [0, 0.1) is 0 Å². The first-order valence-electron chi connectivity index (χ1n) is 5.25. The summed E-state index contributed by atoms with van der Waals surface area (Å²) in [6, 6.07) is 7.27. The minimum absolute atomic E-state index is 0.0101. The molecule has 1 aliphatic heterocycles. The van der Waals surface area contributed by atoms with Gasteiger partial charge < -0.3 is 4.90 Å². The molecule has 2 aromatic rings. The van der Waals surface area contributed by atoms with Crippen LogP contribution < -0.4 is 0 Å². The fraction of sp³-hybridized carbons (Fsp3) is 0.167. The van der Waals surface area contributed by atoms with E-state index in [4.69, 9.17) is 11.6 Å². The van der Waals surface area contributed by atoms with E-state index < -0.39 is 0 Å². The van der Waals surface area contributed by atoms with Crippen molar-refractivity contribution in [2.75, 3.05) is 7.05 Å². The number of aromatic nitrogens is 2. The number of fused-ring (bicyclic) bond motifs is 3. The molecule has 0 N–H and O–H groups in total. The lowest BCUT2D eigenvalue weighted by molar-refractivity contribution is 0.0782. The standard InChI is InChI=1S/C12H10ClN3O/c1-15-7-8-4-5-10(13)14-11(8)16-6-2-3-9(16)12(15)17/h2-6H,7H2,1H3. The van der Waals surface area contributed by atoms with Crippen molar-refractivity contribution in [3.63, 3.8) is 0 Å². The summed E-state index contributed by atoms with van der Waals surface area (Å²) in [5.74, 6) is 0.722. The molecular formula is C12H10ClN3O. The van der Waals surface area contributed by atoms with Crippen LogP contribution in [0.1, 0.15) is 16.1 Å². The molecule has 0 fully saturated rings. The minimum Gasteiger partial charge on any atom is -0.336 e. The number of carbonyl (C=O) groups excluding carboxylic acids is 1. The van der Waals surface area contributed by atoms with E-state index in [-0.39, 0.29) is 5.91 Å². The molecular weight excluding hydrogens is 238 g/mol. The number of rotatable bonds is 0. The van der Waals surface area contributed by atoms with Crippen molar-refractivity contribution in [2.24, 2.45) is 0 Å². The van der Waals surface area contributed by atoms with Crippen LogP contribution in [0.15, 0.2) is 30.5 Å². The number of halogens is 1. The van der Waals surface area contributed by atoms with Crippen molar-refractivity contribution in [1.82, 2.24) is 14.5 Å². The van der Waals surface area contributed by atoms with E-state index in [9.17, 15) is 4.79 Å². The number of amides is 1. The van der Waals surface area contributed by atoms with E-state index >= 15 is 0 Å². The summed E-state index contributed by atoms with van der Waals surface area (Å²) in [4.78, 5) is 18.1. The summed E-state index contributed by atoms with van der Waals surface area (Å²) in [5, 5.41) is 0.431. The van der Waals surface area contributed by atoms with Crippen molar-refractivity contribution < 1.29 is 4.79 Å². The zero-order valence-electron chi connectivity index (χ0n) is 9.22. The maximum absolute atomic E-state index is 12.1. The van der Waals surface area contributed by atoms with Crippen LogP contribution in [-0.2, 0) is 6.54 Å². The highest BCUT2D eigenvalue weighted by atomic mass is 35.5. The predicted octanol–water partition coefficient (Wildman–Crippen LogP) is 2.11. The molecule has 0 atom stereocenters. The van der Waals surface area contributed by atoms with Gasteiger partial charge in [0.25, 0.3) is 5.91 Å². The summed E-state index contributed by atoms with van der Waals surface area (Å²) >= 11 is 5.91. The van der Waals surface area contributed by atoms with Crippen LogP contribution in [0.3, 0.4) is 0 Å². The largest absolute Gasteiger partial charge is 0.336 e. The van der Waals surface area contributed by atoms with E-state index in [0.29, 0.717) is 17.4 Å². The molecule has 1 aliphatic rings. The number of hydrogen-bond acceptors (Lipinski definition) is 2. The molecule has 0 aromatic carbocycles. The quantitative estimate of drug-likeness (QED) is 0.669. The Kier molecular flexibility index (Phi) is 2.19. The normalized spacial score (nSPS) is 14.2. The lowest BCUT2D eigenvalue weighted by Gasteiger charge is -2.13.